The van der Waals surface area contributed by atoms with Crippen molar-refractivity contribution in [3.63, 3.8) is 0 Å². The average molecular weight is 335 g/mol. The van der Waals surface area contributed by atoms with E-state index in [-0.39, 0.29) is 0 Å². The maximum atomic E-state index is 4.55. The minimum absolute atomic E-state index is 0.570. The second kappa shape index (κ2) is 6.06. The smallest absolute Gasteiger partial charge is 0.112 e. The Kier molecular flexibility index (Phi) is 4.17. The third kappa shape index (κ3) is 2.79. The average Bonchev–Trinajstić information content (AvgIpc) is 2.74. The molecule has 1 aliphatic heterocycles. The van der Waals surface area contributed by atoms with Crippen molar-refractivity contribution in [2.24, 2.45) is 0 Å². The normalized spacial score (nSPS) is 19.8. The van der Waals surface area contributed by atoms with E-state index in [1.165, 1.54) is 24.9 Å². The molecule has 0 amide bonds. The maximum Gasteiger partial charge on any atom is 0.112 e. The molecule has 5 heteroatoms. The Balaban J connectivity index is 1.96. The minimum atomic E-state index is 0.570. The lowest BCUT2D eigenvalue weighted by Crippen LogP contribution is -2.32. The molecule has 1 aliphatic rings. The van der Waals surface area contributed by atoms with E-state index >= 15 is 0 Å². The van der Waals surface area contributed by atoms with Crippen molar-refractivity contribution in [1.82, 2.24) is 15.3 Å². The van der Waals surface area contributed by atoms with Gasteiger partial charge in [-0.05, 0) is 60.4 Å². The standard InChI is InChI=1S/C15H19BrN4/c1-20(12-3-2-6-17-7-4-12)14-5-8-18-13-9-11(16)10-19-15(13)14/h5,8-10,12,17H,2-4,6-7H2,1H3. The third-order valence-electron chi connectivity index (χ3n) is 4.00. The molecule has 1 N–H and O–H groups in total. The van der Waals surface area contributed by atoms with E-state index in [0.717, 1.165) is 28.6 Å². The van der Waals surface area contributed by atoms with Crippen molar-refractivity contribution in [2.45, 2.75) is 25.3 Å². The highest BCUT2D eigenvalue weighted by Gasteiger charge is 2.19. The highest BCUT2D eigenvalue weighted by Crippen LogP contribution is 2.27. The van der Waals surface area contributed by atoms with E-state index in [0.29, 0.717) is 6.04 Å². The van der Waals surface area contributed by atoms with Crippen molar-refractivity contribution >= 4 is 32.7 Å². The van der Waals surface area contributed by atoms with Gasteiger partial charge in [0.05, 0.1) is 11.2 Å². The lowest BCUT2D eigenvalue weighted by atomic mass is 10.1. The Morgan fingerprint density at radius 3 is 3.10 bits per heavy atom. The van der Waals surface area contributed by atoms with Gasteiger partial charge in [0, 0.05) is 30.0 Å². The molecule has 1 unspecified atom stereocenters. The monoisotopic (exact) mass is 334 g/mol. The summed E-state index contributed by atoms with van der Waals surface area (Å²) in [6.07, 6.45) is 7.35. The summed E-state index contributed by atoms with van der Waals surface area (Å²) < 4.78 is 0.968. The van der Waals surface area contributed by atoms with Crippen LogP contribution in [0.25, 0.3) is 11.0 Å². The molecule has 0 bridgehead atoms. The molecule has 1 fully saturated rings. The minimum Gasteiger partial charge on any atom is -0.370 e. The van der Waals surface area contributed by atoms with Crippen LogP contribution in [-0.2, 0) is 0 Å². The van der Waals surface area contributed by atoms with Crippen molar-refractivity contribution in [3.8, 4) is 0 Å². The first-order valence-electron chi connectivity index (χ1n) is 7.09. The zero-order valence-electron chi connectivity index (χ0n) is 11.6. The van der Waals surface area contributed by atoms with Gasteiger partial charge in [0.2, 0.25) is 0 Å². The van der Waals surface area contributed by atoms with Gasteiger partial charge in [-0.1, -0.05) is 0 Å². The van der Waals surface area contributed by atoms with Crippen molar-refractivity contribution in [3.05, 3.63) is 29.0 Å². The largest absolute Gasteiger partial charge is 0.370 e. The molecule has 20 heavy (non-hydrogen) atoms. The molecule has 0 saturated carbocycles. The zero-order valence-corrected chi connectivity index (χ0v) is 13.2. The highest BCUT2D eigenvalue weighted by molar-refractivity contribution is 9.10. The Hall–Kier alpha value is -1.20. The second-order valence-electron chi connectivity index (χ2n) is 5.30. The summed E-state index contributed by atoms with van der Waals surface area (Å²) in [7, 11) is 2.18. The lowest BCUT2D eigenvalue weighted by Gasteiger charge is -2.29. The number of aromatic nitrogens is 2. The topological polar surface area (TPSA) is 41.1 Å². The molecule has 0 aliphatic carbocycles. The van der Waals surface area contributed by atoms with Crippen molar-refractivity contribution in [1.29, 1.82) is 0 Å². The van der Waals surface area contributed by atoms with Gasteiger partial charge in [0.25, 0.3) is 0 Å². The molecule has 1 saturated heterocycles. The first-order chi connectivity index (χ1) is 9.75. The fraction of sp³-hybridized carbons (Fsp3) is 0.467. The fourth-order valence-electron chi connectivity index (χ4n) is 2.86. The third-order valence-corrected chi connectivity index (χ3v) is 4.43. The van der Waals surface area contributed by atoms with E-state index in [4.69, 9.17) is 0 Å². The molecular formula is C15H19BrN4. The van der Waals surface area contributed by atoms with Crippen molar-refractivity contribution in [2.75, 3.05) is 25.0 Å². The molecule has 0 spiro atoms. The predicted molar refractivity (Wildman–Crippen MR) is 86.1 cm³/mol. The van der Waals surface area contributed by atoms with Crippen LogP contribution in [0.2, 0.25) is 0 Å². The molecule has 106 valence electrons. The second-order valence-corrected chi connectivity index (χ2v) is 6.21. The number of halogens is 1. The first-order valence-corrected chi connectivity index (χ1v) is 7.89. The molecule has 3 heterocycles. The number of rotatable bonds is 2. The maximum absolute atomic E-state index is 4.55. The highest BCUT2D eigenvalue weighted by atomic mass is 79.9. The van der Waals surface area contributed by atoms with Gasteiger partial charge in [-0.15, -0.1) is 0 Å². The molecule has 2 aromatic rings. The molecule has 0 radical (unpaired) electrons. The summed E-state index contributed by atoms with van der Waals surface area (Å²) >= 11 is 3.46. The van der Waals surface area contributed by atoms with E-state index in [1.54, 1.807) is 0 Å². The lowest BCUT2D eigenvalue weighted by molar-refractivity contribution is 0.567. The van der Waals surface area contributed by atoms with Crippen LogP contribution in [-0.4, -0.2) is 36.1 Å². The van der Waals surface area contributed by atoms with E-state index in [1.807, 2.05) is 18.5 Å². The molecule has 2 aromatic heterocycles. The number of anilines is 1. The summed E-state index contributed by atoms with van der Waals surface area (Å²) in [4.78, 5) is 11.3. The quantitative estimate of drug-likeness (QED) is 0.916. The Bertz CT molecular complexity index is 593. The predicted octanol–water partition coefficient (Wildman–Crippen LogP) is 2.97. The van der Waals surface area contributed by atoms with Gasteiger partial charge in [0.1, 0.15) is 5.52 Å². The summed E-state index contributed by atoms with van der Waals surface area (Å²) in [6, 6.07) is 4.66. The summed E-state index contributed by atoms with van der Waals surface area (Å²) in [5.74, 6) is 0. The Morgan fingerprint density at radius 2 is 2.20 bits per heavy atom. The van der Waals surface area contributed by atoms with E-state index in [2.05, 4.69) is 49.2 Å². The summed E-state index contributed by atoms with van der Waals surface area (Å²) in [6.45, 7) is 2.23. The van der Waals surface area contributed by atoms with Gasteiger partial charge in [-0.2, -0.15) is 0 Å². The van der Waals surface area contributed by atoms with E-state index < -0.39 is 0 Å². The molecule has 0 aromatic carbocycles. The van der Waals surface area contributed by atoms with Gasteiger partial charge in [-0.3, -0.25) is 9.97 Å². The molecular weight excluding hydrogens is 316 g/mol. The van der Waals surface area contributed by atoms with E-state index in [9.17, 15) is 0 Å². The van der Waals surface area contributed by atoms with Gasteiger partial charge in [0.15, 0.2) is 0 Å². The van der Waals surface area contributed by atoms with Crippen LogP contribution in [0.5, 0.6) is 0 Å². The Morgan fingerprint density at radius 1 is 1.30 bits per heavy atom. The molecule has 3 rings (SSSR count). The van der Waals surface area contributed by atoms with Crippen LogP contribution in [0.15, 0.2) is 29.0 Å². The van der Waals surface area contributed by atoms with Crippen LogP contribution in [0.4, 0.5) is 5.69 Å². The van der Waals surface area contributed by atoms with Gasteiger partial charge < -0.3 is 10.2 Å². The van der Waals surface area contributed by atoms with Crippen molar-refractivity contribution < 1.29 is 0 Å². The SMILES string of the molecule is CN(c1ccnc2cc(Br)cnc12)C1CCCNCC1. The van der Waals surface area contributed by atoms with Crippen LogP contribution < -0.4 is 10.2 Å². The van der Waals surface area contributed by atoms with Gasteiger partial charge in [-0.25, -0.2) is 0 Å². The summed E-state index contributed by atoms with van der Waals surface area (Å²) in [5.41, 5.74) is 3.10. The molecule has 1 atom stereocenters. The van der Waals surface area contributed by atoms with Crippen LogP contribution in [0.3, 0.4) is 0 Å². The zero-order chi connectivity index (χ0) is 13.9. The Labute approximate surface area is 127 Å². The number of hydrogen-bond acceptors (Lipinski definition) is 4. The van der Waals surface area contributed by atoms with Crippen LogP contribution in [0, 0.1) is 0 Å². The first kappa shape index (κ1) is 13.8. The number of hydrogen-bond donors (Lipinski definition) is 1. The number of fused-ring (bicyclic) bond motifs is 1. The van der Waals surface area contributed by atoms with Crippen LogP contribution in [0.1, 0.15) is 19.3 Å². The molecule has 4 nitrogen and oxygen atoms in total. The van der Waals surface area contributed by atoms with Gasteiger partial charge >= 0.3 is 0 Å². The fourth-order valence-corrected chi connectivity index (χ4v) is 3.18. The number of nitrogens with one attached hydrogen (secondary N) is 1. The van der Waals surface area contributed by atoms with Crippen LogP contribution >= 0.6 is 15.9 Å². The summed E-state index contributed by atoms with van der Waals surface area (Å²) in [5, 5.41) is 3.47. The number of nitrogens with zero attached hydrogens (tertiary/aromatic N) is 3. The number of pyridine rings is 2.